The molecule has 0 saturated carbocycles. The van der Waals surface area contributed by atoms with E-state index in [0.717, 1.165) is 5.56 Å². The molecule has 0 heterocycles. The standard InChI is InChI=1S/C27H29N3O6/c1-5-35-25-15-20(10-12-22(25)33-3)27(32)30-28-16-19-9-11-23(24(14-19)34-4)36-17-26(31)29-21-8-6-7-18(2)13-21/h6-16H,5,17H2,1-4H3,(H,29,31)(H,30,32)/b28-16+. The van der Waals surface area contributed by atoms with Gasteiger partial charge < -0.3 is 24.3 Å². The summed E-state index contributed by atoms with van der Waals surface area (Å²) in [5.41, 5.74) is 5.27. The Bertz CT molecular complexity index is 1240. The molecule has 3 aromatic rings. The number of nitrogens with zero attached hydrogens (tertiary/aromatic N) is 1. The predicted octanol–water partition coefficient (Wildman–Crippen LogP) is 4.19. The van der Waals surface area contributed by atoms with Gasteiger partial charge in [-0.3, -0.25) is 9.59 Å². The minimum Gasteiger partial charge on any atom is -0.493 e. The van der Waals surface area contributed by atoms with Crippen molar-refractivity contribution in [3.63, 3.8) is 0 Å². The van der Waals surface area contributed by atoms with Gasteiger partial charge in [-0.15, -0.1) is 0 Å². The third kappa shape index (κ3) is 7.23. The predicted molar refractivity (Wildman–Crippen MR) is 138 cm³/mol. The minimum atomic E-state index is -0.401. The SMILES string of the molecule is CCOc1cc(C(=O)N/N=C/c2ccc(OCC(=O)Nc3cccc(C)c3)c(OC)c2)ccc1OC. The number of benzene rings is 3. The topological polar surface area (TPSA) is 107 Å². The molecule has 9 nitrogen and oxygen atoms in total. The van der Waals surface area contributed by atoms with Crippen molar-refractivity contribution in [3.05, 3.63) is 77.4 Å². The van der Waals surface area contributed by atoms with Crippen LogP contribution in [0.25, 0.3) is 0 Å². The molecule has 0 spiro atoms. The van der Waals surface area contributed by atoms with E-state index >= 15 is 0 Å². The van der Waals surface area contributed by atoms with Crippen LogP contribution in [0.2, 0.25) is 0 Å². The van der Waals surface area contributed by atoms with Crippen LogP contribution < -0.4 is 29.7 Å². The van der Waals surface area contributed by atoms with Crippen molar-refractivity contribution in [1.82, 2.24) is 5.43 Å². The average Bonchev–Trinajstić information content (AvgIpc) is 2.87. The first-order chi connectivity index (χ1) is 17.4. The molecule has 188 valence electrons. The number of hydrogen-bond acceptors (Lipinski definition) is 7. The summed E-state index contributed by atoms with van der Waals surface area (Å²) in [5, 5.41) is 6.80. The zero-order chi connectivity index (χ0) is 25.9. The third-order valence-electron chi connectivity index (χ3n) is 4.95. The van der Waals surface area contributed by atoms with E-state index in [9.17, 15) is 9.59 Å². The first kappa shape index (κ1) is 26.1. The molecule has 0 bridgehead atoms. The molecule has 0 fully saturated rings. The number of rotatable bonds is 11. The van der Waals surface area contributed by atoms with E-state index in [-0.39, 0.29) is 12.5 Å². The summed E-state index contributed by atoms with van der Waals surface area (Å²) in [6, 6.07) is 17.5. The van der Waals surface area contributed by atoms with Crippen LogP contribution in [0.1, 0.15) is 28.4 Å². The minimum absolute atomic E-state index is 0.181. The summed E-state index contributed by atoms with van der Waals surface area (Å²) in [5.74, 6) is 1.15. The van der Waals surface area contributed by atoms with Crippen LogP contribution in [0.5, 0.6) is 23.0 Å². The molecule has 9 heteroatoms. The molecule has 0 aliphatic heterocycles. The second-order valence-electron chi connectivity index (χ2n) is 7.61. The zero-order valence-corrected chi connectivity index (χ0v) is 20.7. The molecule has 0 atom stereocenters. The summed E-state index contributed by atoms with van der Waals surface area (Å²) >= 11 is 0. The quantitative estimate of drug-likeness (QED) is 0.308. The molecular formula is C27H29N3O6. The molecule has 36 heavy (non-hydrogen) atoms. The van der Waals surface area contributed by atoms with Gasteiger partial charge in [0.2, 0.25) is 0 Å². The van der Waals surface area contributed by atoms with Crippen LogP contribution in [-0.2, 0) is 4.79 Å². The van der Waals surface area contributed by atoms with Gasteiger partial charge in [0.05, 0.1) is 27.0 Å². The van der Waals surface area contributed by atoms with Crippen molar-refractivity contribution in [2.75, 3.05) is 32.8 Å². The maximum absolute atomic E-state index is 12.5. The number of aryl methyl sites for hydroxylation is 1. The molecule has 0 aliphatic rings. The Morgan fingerprint density at radius 3 is 2.39 bits per heavy atom. The van der Waals surface area contributed by atoms with Crippen molar-refractivity contribution in [2.24, 2.45) is 5.10 Å². The van der Waals surface area contributed by atoms with Crippen molar-refractivity contribution in [1.29, 1.82) is 0 Å². The fourth-order valence-electron chi connectivity index (χ4n) is 3.26. The molecule has 3 rings (SSSR count). The lowest BCUT2D eigenvalue weighted by molar-refractivity contribution is -0.118. The van der Waals surface area contributed by atoms with Crippen molar-refractivity contribution in [2.45, 2.75) is 13.8 Å². The van der Waals surface area contributed by atoms with Crippen LogP contribution in [-0.4, -0.2) is 45.5 Å². The van der Waals surface area contributed by atoms with Gasteiger partial charge in [0.25, 0.3) is 11.8 Å². The summed E-state index contributed by atoms with van der Waals surface area (Å²) in [4.78, 5) is 24.7. The maximum atomic E-state index is 12.5. The van der Waals surface area contributed by atoms with Crippen molar-refractivity contribution >= 4 is 23.7 Å². The monoisotopic (exact) mass is 491 g/mol. The van der Waals surface area contributed by atoms with Crippen LogP contribution in [0.3, 0.4) is 0 Å². The smallest absolute Gasteiger partial charge is 0.271 e. The maximum Gasteiger partial charge on any atom is 0.271 e. The van der Waals surface area contributed by atoms with E-state index in [0.29, 0.717) is 46.4 Å². The van der Waals surface area contributed by atoms with Crippen LogP contribution >= 0.6 is 0 Å². The summed E-state index contributed by atoms with van der Waals surface area (Å²) in [6.45, 7) is 4.06. The van der Waals surface area contributed by atoms with Crippen LogP contribution in [0, 0.1) is 6.92 Å². The largest absolute Gasteiger partial charge is 0.493 e. The van der Waals surface area contributed by atoms with Crippen molar-refractivity contribution < 1.29 is 28.5 Å². The normalized spacial score (nSPS) is 10.6. The lowest BCUT2D eigenvalue weighted by Gasteiger charge is -2.12. The highest BCUT2D eigenvalue weighted by molar-refractivity contribution is 5.95. The van der Waals surface area contributed by atoms with Crippen molar-refractivity contribution in [3.8, 4) is 23.0 Å². The fourth-order valence-corrected chi connectivity index (χ4v) is 3.26. The molecule has 0 unspecified atom stereocenters. The summed E-state index contributed by atoms with van der Waals surface area (Å²) in [7, 11) is 3.03. The summed E-state index contributed by atoms with van der Waals surface area (Å²) < 4.78 is 21.7. The van der Waals surface area contributed by atoms with E-state index in [2.05, 4.69) is 15.8 Å². The number of nitrogens with one attached hydrogen (secondary N) is 2. The third-order valence-corrected chi connectivity index (χ3v) is 4.95. The molecule has 2 N–H and O–H groups in total. The number of hydrogen-bond donors (Lipinski definition) is 2. The highest BCUT2D eigenvalue weighted by atomic mass is 16.5. The number of carbonyl (C=O) groups excluding carboxylic acids is 2. The van der Waals surface area contributed by atoms with Gasteiger partial charge in [-0.1, -0.05) is 12.1 Å². The molecule has 0 radical (unpaired) electrons. The van der Waals surface area contributed by atoms with Gasteiger partial charge >= 0.3 is 0 Å². The van der Waals surface area contributed by atoms with Gasteiger partial charge in [-0.05, 0) is 73.5 Å². The molecule has 2 amide bonds. The molecule has 0 saturated heterocycles. The number of carbonyl (C=O) groups is 2. The van der Waals surface area contributed by atoms with Crippen LogP contribution in [0.4, 0.5) is 5.69 Å². The number of hydrazone groups is 1. The second kappa shape index (κ2) is 12.8. The Morgan fingerprint density at radius 1 is 0.889 bits per heavy atom. The number of methoxy groups -OCH3 is 2. The molecule has 3 aromatic carbocycles. The second-order valence-corrected chi connectivity index (χ2v) is 7.61. The molecular weight excluding hydrogens is 462 g/mol. The van der Waals surface area contributed by atoms with Gasteiger partial charge in [0.1, 0.15) is 0 Å². The van der Waals surface area contributed by atoms with Gasteiger partial charge in [-0.25, -0.2) is 5.43 Å². The van der Waals surface area contributed by atoms with E-state index < -0.39 is 5.91 Å². The number of ether oxygens (including phenoxy) is 4. The highest BCUT2D eigenvalue weighted by Crippen LogP contribution is 2.29. The number of anilines is 1. The van der Waals surface area contributed by atoms with E-state index in [4.69, 9.17) is 18.9 Å². The lowest BCUT2D eigenvalue weighted by atomic mass is 10.2. The Balaban J connectivity index is 1.58. The lowest BCUT2D eigenvalue weighted by Crippen LogP contribution is -2.20. The fraction of sp³-hybridized carbons (Fsp3) is 0.222. The Hall–Kier alpha value is -4.53. The van der Waals surface area contributed by atoms with E-state index in [1.165, 1.54) is 20.4 Å². The number of amides is 2. The average molecular weight is 492 g/mol. The zero-order valence-electron chi connectivity index (χ0n) is 20.7. The first-order valence-electron chi connectivity index (χ1n) is 11.2. The molecule has 0 aromatic heterocycles. The van der Waals surface area contributed by atoms with Gasteiger partial charge in [0.15, 0.2) is 29.6 Å². The Kier molecular flexibility index (Phi) is 9.27. The van der Waals surface area contributed by atoms with Crippen LogP contribution in [0.15, 0.2) is 65.8 Å². The van der Waals surface area contributed by atoms with E-state index in [1.54, 1.807) is 36.4 Å². The van der Waals surface area contributed by atoms with Gasteiger partial charge in [0, 0.05) is 11.3 Å². The Morgan fingerprint density at radius 2 is 1.67 bits per heavy atom. The Labute approximate surface area is 210 Å². The first-order valence-corrected chi connectivity index (χ1v) is 11.2. The van der Waals surface area contributed by atoms with Gasteiger partial charge in [-0.2, -0.15) is 5.10 Å². The molecule has 0 aliphatic carbocycles. The highest BCUT2D eigenvalue weighted by Gasteiger charge is 2.11. The van der Waals surface area contributed by atoms with E-state index in [1.807, 2.05) is 38.1 Å². The summed E-state index contributed by atoms with van der Waals surface area (Å²) in [6.07, 6.45) is 1.47.